The normalized spacial score (nSPS) is 21.8. The number of unbranched alkanes of at least 4 members (excludes halogenated alkanes) is 1. The lowest BCUT2D eigenvalue weighted by Crippen LogP contribution is -2.62. The number of fused-ring (bicyclic) bond motifs is 1. The van der Waals surface area contributed by atoms with Gasteiger partial charge >= 0.3 is 24.0 Å². The summed E-state index contributed by atoms with van der Waals surface area (Å²) in [5, 5.41) is 17.9. The number of alkyl halides is 3. The van der Waals surface area contributed by atoms with E-state index in [0.717, 1.165) is 19.1 Å². The van der Waals surface area contributed by atoms with E-state index in [1.54, 1.807) is 17.4 Å². The number of thioether (sulfide) groups is 1. The fraction of sp³-hybridized carbons (Fsp3) is 0.565. The van der Waals surface area contributed by atoms with Crippen LogP contribution in [0.4, 0.5) is 13.2 Å². The Morgan fingerprint density at radius 3 is 1.97 bits per heavy atom. The maximum Gasteiger partial charge on any atom is 0.471 e. The molecule has 2 heterocycles. The molecule has 2 aromatic carbocycles. The lowest BCUT2D eigenvalue weighted by Gasteiger charge is -2.48. The van der Waals surface area contributed by atoms with Gasteiger partial charge in [0.05, 0.1) is 26.9 Å². The van der Waals surface area contributed by atoms with E-state index in [1.807, 2.05) is 48.5 Å². The summed E-state index contributed by atoms with van der Waals surface area (Å²) in [5.74, 6) is -8.08. The van der Waals surface area contributed by atoms with Gasteiger partial charge in [0.1, 0.15) is 60.0 Å². The molecule has 0 aromatic heterocycles. The van der Waals surface area contributed by atoms with Gasteiger partial charge in [-0.2, -0.15) is 13.2 Å². The highest BCUT2D eigenvalue weighted by Crippen LogP contribution is 2.41. The standard InChI is InChI=1S/C46H60F3N9O14S/c1-24(37(60)54-26(3)41(64)67-5)53-40(63)30(19-13-14-22-51-45(66)46(47,48)49)55-33(59)21-20-31(42(65)68-6)56-38(61)25(2)52-39(62)27(4)70-36-34(57-58-50)44(73-29-17-11-8-12-18-29)71-32-23-69-43(72-35(32)36)28-15-9-7-10-16-28/h7-12,15-18,24-27,30-32,34-36,43-44H,13-14,19-23H2,1-6H3,(H,51,66)(H,52,62)(H,53,63)(H,54,60)(H,55,59)(H,56,61)/t24-,25+,26-,27-,30+,31-,32-,34-,35-,36-,43?,44-/m1/s1. The number of ether oxygens (including phenoxy) is 6. The first kappa shape index (κ1) is 59.1. The third-order valence-corrected chi connectivity index (χ3v) is 12.5. The first-order valence-electron chi connectivity index (χ1n) is 23.1. The first-order chi connectivity index (χ1) is 34.7. The van der Waals surface area contributed by atoms with E-state index < -0.39 is 145 Å². The molecule has 2 aliphatic rings. The van der Waals surface area contributed by atoms with Crippen molar-refractivity contribution in [1.29, 1.82) is 0 Å². The lowest BCUT2D eigenvalue weighted by atomic mass is 9.96. The fourth-order valence-electron chi connectivity index (χ4n) is 7.33. The number of carbonyl (C=O) groups excluding carboxylic acids is 8. The van der Waals surface area contributed by atoms with E-state index >= 15 is 0 Å². The summed E-state index contributed by atoms with van der Waals surface area (Å²) in [6.45, 7) is 5.01. The summed E-state index contributed by atoms with van der Waals surface area (Å²) in [6.07, 6.45) is -11.1. The molecule has 2 aliphatic heterocycles. The van der Waals surface area contributed by atoms with Crippen molar-refractivity contribution in [2.75, 3.05) is 27.4 Å². The molecule has 2 aromatic rings. The number of carbonyl (C=O) groups is 8. The number of esters is 2. The average Bonchev–Trinajstić information content (AvgIpc) is 3.37. The number of hydrogen-bond acceptors (Lipinski definition) is 16. The topological polar surface area (TPSA) is 313 Å². The second-order valence-corrected chi connectivity index (χ2v) is 18.0. The summed E-state index contributed by atoms with van der Waals surface area (Å²) < 4.78 is 72.5. The zero-order chi connectivity index (χ0) is 53.8. The van der Waals surface area contributed by atoms with Crippen LogP contribution in [-0.2, 0) is 66.8 Å². The van der Waals surface area contributed by atoms with Crippen LogP contribution in [0.5, 0.6) is 0 Å². The number of nitrogens with zero attached hydrogens (tertiary/aromatic N) is 3. The minimum atomic E-state index is -5.11. The van der Waals surface area contributed by atoms with Crippen molar-refractivity contribution in [2.45, 2.75) is 143 Å². The average molecular weight is 1050 g/mol. The molecule has 4 rings (SSSR count). The lowest BCUT2D eigenvalue weighted by molar-refractivity contribution is -0.312. The van der Waals surface area contributed by atoms with Crippen LogP contribution in [0.15, 0.2) is 70.7 Å². The van der Waals surface area contributed by atoms with Crippen LogP contribution in [0, 0.1) is 0 Å². The first-order valence-corrected chi connectivity index (χ1v) is 24.0. The minimum absolute atomic E-state index is 0.000428. The minimum Gasteiger partial charge on any atom is -0.467 e. The Kier molecular flexibility index (Phi) is 23.2. The van der Waals surface area contributed by atoms with E-state index in [1.165, 1.54) is 39.5 Å². The van der Waals surface area contributed by atoms with Gasteiger partial charge in [-0.3, -0.25) is 28.8 Å². The molecule has 2 saturated heterocycles. The molecule has 6 N–H and O–H groups in total. The van der Waals surface area contributed by atoms with Crippen LogP contribution in [0.2, 0.25) is 0 Å². The van der Waals surface area contributed by atoms with Gasteiger partial charge in [0, 0.05) is 28.3 Å². The van der Waals surface area contributed by atoms with Crippen molar-refractivity contribution in [2.24, 2.45) is 5.11 Å². The summed E-state index contributed by atoms with van der Waals surface area (Å²) in [5.41, 5.74) is 9.59. The van der Waals surface area contributed by atoms with E-state index in [-0.39, 0.29) is 25.9 Å². The predicted octanol–water partition coefficient (Wildman–Crippen LogP) is 2.53. The number of hydrogen-bond donors (Lipinski definition) is 6. The van der Waals surface area contributed by atoms with Crippen molar-refractivity contribution in [3.63, 3.8) is 0 Å². The third-order valence-electron chi connectivity index (χ3n) is 11.3. The molecule has 0 saturated carbocycles. The molecule has 0 bridgehead atoms. The zero-order valence-corrected chi connectivity index (χ0v) is 41.6. The predicted molar refractivity (Wildman–Crippen MR) is 251 cm³/mol. The van der Waals surface area contributed by atoms with Gasteiger partial charge in [-0.1, -0.05) is 65.4 Å². The van der Waals surface area contributed by atoms with Gasteiger partial charge in [-0.15, -0.1) is 0 Å². The molecule has 73 heavy (non-hydrogen) atoms. The quantitative estimate of drug-likeness (QED) is 0.0274. The Labute approximate surface area is 422 Å². The molecule has 400 valence electrons. The van der Waals surface area contributed by atoms with Gasteiger partial charge in [0.2, 0.25) is 29.5 Å². The van der Waals surface area contributed by atoms with Crippen molar-refractivity contribution < 1.29 is 79.9 Å². The van der Waals surface area contributed by atoms with Crippen molar-refractivity contribution in [3.05, 3.63) is 76.7 Å². The highest BCUT2D eigenvalue weighted by molar-refractivity contribution is 7.99. The van der Waals surface area contributed by atoms with Crippen molar-refractivity contribution in [3.8, 4) is 0 Å². The van der Waals surface area contributed by atoms with Crippen LogP contribution >= 0.6 is 11.8 Å². The molecule has 2 fully saturated rings. The van der Waals surface area contributed by atoms with E-state index in [2.05, 4.69) is 41.3 Å². The Morgan fingerprint density at radius 2 is 1.36 bits per heavy atom. The molecule has 6 amide bonds. The smallest absolute Gasteiger partial charge is 0.467 e. The summed E-state index contributed by atoms with van der Waals surface area (Å²) >= 11 is 1.27. The Hall–Kier alpha value is -6.51. The largest absolute Gasteiger partial charge is 0.471 e. The molecule has 27 heteroatoms. The van der Waals surface area contributed by atoms with E-state index in [9.17, 15) is 57.1 Å². The molecule has 23 nitrogen and oxygen atoms in total. The number of amides is 6. The Morgan fingerprint density at radius 1 is 0.753 bits per heavy atom. The van der Waals surface area contributed by atoms with Crippen LogP contribution < -0.4 is 31.9 Å². The van der Waals surface area contributed by atoms with Gasteiger partial charge in [0.15, 0.2) is 6.29 Å². The zero-order valence-electron chi connectivity index (χ0n) is 40.8. The summed E-state index contributed by atoms with van der Waals surface area (Å²) in [4.78, 5) is 106. The molecule has 12 atom stereocenters. The second kappa shape index (κ2) is 28.7. The van der Waals surface area contributed by atoms with Crippen LogP contribution in [-0.4, -0.2) is 147 Å². The summed E-state index contributed by atoms with van der Waals surface area (Å²) in [6, 6.07) is 10.7. The van der Waals surface area contributed by atoms with Gasteiger partial charge in [0.25, 0.3) is 0 Å². The Bertz CT molecular complexity index is 2270. The second-order valence-electron chi connectivity index (χ2n) is 16.8. The maximum absolute atomic E-state index is 13.7. The SMILES string of the molecule is COC(=O)[C@@H](C)NC(=O)[C@@H](C)NC(=O)[C@H](CCCCNC(=O)C(F)(F)F)NC(=O)CC[C@@H](NC(=O)[C@H](C)NC(=O)[C@@H](C)O[C@@H]1[C@@H](N=[N+]=[N-])[C@@H](Sc2ccccc2)O[C@@H]2COC(c3ccccc3)O[C@@H]12)C(=O)OC. The van der Waals surface area contributed by atoms with Crippen molar-refractivity contribution in [1.82, 2.24) is 31.9 Å². The number of nitrogens with one attached hydrogen (secondary N) is 6. The maximum atomic E-state index is 13.7. The highest BCUT2D eigenvalue weighted by atomic mass is 32.2. The van der Waals surface area contributed by atoms with Gasteiger partial charge in [-0.05, 0) is 71.0 Å². The number of methoxy groups -OCH3 is 2. The number of azide groups is 1. The van der Waals surface area contributed by atoms with Crippen LogP contribution in [0.1, 0.15) is 71.7 Å². The third kappa shape index (κ3) is 18.2. The molecular formula is C46H60F3N9O14S. The molecule has 0 aliphatic carbocycles. The number of halogens is 3. The van der Waals surface area contributed by atoms with Crippen LogP contribution in [0.25, 0.3) is 10.4 Å². The monoisotopic (exact) mass is 1050 g/mol. The Balaban J connectivity index is 1.41. The van der Waals surface area contributed by atoms with E-state index in [0.29, 0.717) is 5.56 Å². The van der Waals surface area contributed by atoms with Gasteiger partial charge in [-0.25, -0.2) is 9.59 Å². The highest BCUT2D eigenvalue weighted by Gasteiger charge is 2.52. The molecule has 1 unspecified atom stereocenters. The fourth-order valence-corrected chi connectivity index (χ4v) is 8.46. The van der Waals surface area contributed by atoms with E-state index in [4.69, 9.17) is 23.7 Å². The molecule has 0 spiro atoms. The van der Waals surface area contributed by atoms with Crippen molar-refractivity contribution >= 4 is 59.1 Å². The van der Waals surface area contributed by atoms with Crippen LogP contribution in [0.3, 0.4) is 0 Å². The molecular weight excluding hydrogens is 992 g/mol. The van der Waals surface area contributed by atoms with Gasteiger partial charge < -0.3 is 60.3 Å². The number of rotatable bonds is 25. The molecule has 0 radical (unpaired) electrons. The summed E-state index contributed by atoms with van der Waals surface area (Å²) in [7, 11) is 2.14. The number of benzene rings is 2.